The van der Waals surface area contributed by atoms with Crippen molar-refractivity contribution in [3.8, 4) is 22.8 Å². The molecule has 126 valence electrons. The van der Waals surface area contributed by atoms with Crippen molar-refractivity contribution in [1.29, 1.82) is 0 Å². The number of pyridine rings is 1. The molecule has 0 saturated carbocycles. The van der Waals surface area contributed by atoms with Crippen molar-refractivity contribution in [2.45, 2.75) is 6.92 Å². The number of furan rings is 1. The molecule has 0 fully saturated rings. The smallest absolute Gasteiger partial charge is 0.308 e. The summed E-state index contributed by atoms with van der Waals surface area (Å²) >= 11 is 0. The molecule has 0 spiro atoms. The summed E-state index contributed by atoms with van der Waals surface area (Å²) in [4.78, 5) is 27.5. The van der Waals surface area contributed by atoms with E-state index in [4.69, 9.17) is 9.15 Å². The number of carbonyl (C=O) groups excluding carboxylic acids is 2. The first-order valence-electron chi connectivity index (χ1n) is 7.37. The maximum absolute atomic E-state index is 12.3. The number of esters is 1. The Morgan fingerprint density at radius 1 is 1.12 bits per heavy atom. The molecule has 2 heterocycles. The monoisotopic (exact) mass is 338 g/mol. The minimum absolute atomic E-state index is 0.0574. The molecule has 2 aromatic heterocycles. The third-order valence-corrected chi connectivity index (χ3v) is 3.29. The minimum Gasteiger partial charge on any atom is -0.502 e. The summed E-state index contributed by atoms with van der Waals surface area (Å²) in [6.45, 7) is 1.18. The lowest BCUT2D eigenvalue weighted by Crippen LogP contribution is -2.12. The Bertz CT molecular complexity index is 904. The van der Waals surface area contributed by atoms with Gasteiger partial charge in [0.15, 0.2) is 5.76 Å². The van der Waals surface area contributed by atoms with Gasteiger partial charge in [-0.05, 0) is 24.3 Å². The fraction of sp³-hybridized carbons (Fsp3) is 0.0556. The van der Waals surface area contributed by atoms with Crippen LogP contribution >= 0.6 is 0 Å². The quantitative estimate of drug-likeness (QED) is 0.708. The largest absolute Gasteiger partial charge is 0.502 e. The fourth-order valence-electron chi connectivity index (χ4n) is 2.19. The summed E-state index contributed by atoms with van der Waals surface area (Å²) in [5.41, 5.74) is 0.902. The Labute approximate surface area is 142 Å². The number of hydrogen-bond donors (Lipinski definition) is 2. The molecule has 7 nitrogen and oxygen atoms in total. The predicted octanol–water partition coefficient (Wildman–Crippen LogP) is 3.22. The highest BCUT2D eigenvalue weighted by molar-refractivity contribution is 6.05. The van der Waals surface area contributed by atoms with Gasteiger partial charge in [0.05, 0.1) is 0 Å². The van der Waals surface area contributed by atoms with Gasteiger partial charge in [-0.3, -0.25) is 19.9 Å². The van der Waals surface area contributed by atoms with Gasteiger partial charge in [0.1, 0.15) is 0 Å². The maximum Gasteiger partial charge on any atom is 0.308 e. The predicted molar refractivity (Wildman–Crippen MR) is 89.3 cm³/mol. The molecule has 0 atom stereocenters. The summed E-state index contributed by atoms with van der Waals surface area (Å²) in [6, 6.07) is 11.7. The van der Waals surface area contributed by atoms with Crippen LogP contribution in [0.5, 0.6) is 11.5 Å². The third-order valence-electron chi connectivity index (χ3n) is 3.29. The van der Waals surface area contributed by atoms with Crippen LogP contribution < -0.4 is 10.1 Å². The topological polar surface area (TPSA) is 102 Å². The molecule has 3 rings (SSSR count). The highest BCUT2D eigenvalue weighted by atomic mass is 16.6. The number of nitrogens with zero attached hydrogens (tertiary/aromatic N) is 1. The van der Waals surface area contributed by atoms with Gasteiger partial charge >= 0.3 is 5.97 Å². The second-order valence-electron chi connectivity index (χ2n) is 5.09. The first-order valence-corrected chi connectivity index (χ1v) is 7.37. The first kappa shape index (κ1) is 16.3. The van der Waals surface area contributed by atoms with Crippen molar-refractivity contribution in [1.82, 2.24) is 4.98 Å². The summed E-state index contributed by atoms with van der Waals surface area (Å²) in [7, 11) is 0. The third kappa shape index (κ3) is 3.50. The van der Waals surface area contributed by atoms with Crippen LogP contribution in [0.3, 0.4) is 0 Å². The second-order valence-corrected chi connectivity index (χ2v) is 5.09. The van der Waals surface area contributed by atoms with Crippen LogP contribution in [0.25, 0.3) is 11.3 Å². The Morgan fingerprint density at radius 2 is 1.80 bits per heavy atom. The number of aromatic nitrogens is 1. The van der Waals surface area contributed by atoms with Crippen LogP contribution in [-0.2, 0) is 4.79 Å². The van der Waals surface area contributed by atoms with Crippen LogP contribution in [0.1, 0.15) is 17.3 Å². The summed E-state index contributed by atoms with van der Waals surface area (Å²) in [6.07, 6.45) is 3.04. The molecule has 0 unspecified atom stereocenters. The Balaban J connectivity index is 2.00. The molecular weight excluding hydrogens is 324 g/mol. The average molecular weight is 338 g/mol. The number of rotatable bonds is 4. The number of amides is 1. The van der Waals surface area contributed by atoms with E-state index in [1.165, 1.54) is 19.3 Å². The zero-order valence-corrected chi connectivity index (χ0v) is 13.2. The van der Waals surface area contributed by atoms with Crippen LogP contribution in [0.2, 0.25) is 0 Å². The molecule has 0 aliphatic heterocycles. The van der Waals surface area contributed by atoms with Gasteiger partial charge in [0, 0.05) is 30.4 Å². The molecular formula is C18H14N2O5. The Hall–Kier alpha value is -3.61. The molecule has 1 amide bonds. The highest BCUT2D eigenvalue weighted by Gasteiger charge is 2.25. The Morgan fingerprint density at radius 3 is 2.44 bits per heavy atom. The number of ether oxygens (including phenoxy) is 1. The van der Waals surface area contributed by atoms with E-state index in [1.807, 2.05) is 0 Å². The molecule has 3 aromatic rings. The lowest BCUT2D eigenvalue weighted by molar-refractivity contribution is -0.132. The van der Waals surface area contributed by atoms with Gasteiger partial charge in [-0.15, -0.1) is 0 Å². The lowest BCUT2D eigenvalue weighted by atomic mass is 10.2. The van der Waals surface area contributed by atoms with Gasteiger partial charge in [0.2, 0.25) is 17.4 Å². The normalized spacial score (nSPS) is 10.3. The molecule has 0 aliphatic rings. The molecule has 0 saturated heterocycles. The number of anilines is 1. The molecule has 1 aromatic carbocycles. The van der Waals surface area contributed by atoms with E-state index in [1.54, 1.807) is 42.5 Å². The van der Waals surface area contributed by atoms with Crippen LogP contribution in [0, 0.1) is 0 Å². The molecule has 2 N–H and O–H groups in total. The lowest BCUT2D eigenvalue weighted by Gasteiger charge is -2.04. The maximum atomic E-state index is 12.3. The molecule has 0 radical (unpaired) electrons. The van der Waals surface area contributed by atoms with Gasteiger partial charge in [0.25, 0.3) is 5.91 Å². The van der Waals surface area contributed by atoms with E-state index in [-0.39, 0.29) is 23.1 Å². The molecule has 0 bridgehead atoms. The molecule has 7 heteroatoms. The van der Waals surface area contributed by atoms with Crippen molar-refractivity contribution >= 4 is 17.8 Å². The van der Waals surface area contributed by atoms with E-state index >= 15 is 0 Å². The van der Waals surface area contributed by atoms with Crippen molar-refractivity contribution in [3.63, 3.8) is 0 Å². The van der Waals surface area contributed by atoms with E-state index in [9.17, 15) is 14.7 Å². The SMILES string of the molecule is CC(=O)Oc1c(NC(=O)c2ccccc2)oc(-c2ccncc2)c1O. The first-order chi connectivity index (χ1) is 12.1. The van der Waals surface area contributed by atoms with E-state index < -0.39 is 11.9 Å². The summed E-state index contributed by atoms with van der Waals surface area (Å²) in [5.74, 6) is -1.86. The molecule has 0 aliphatic carbocycles. The number of nitrogens with one attached hydrogen (secondary N) is 1. The van der Waals surface area contributed by atoms with Gasteiger partial charge < -0.3 is 14.3 Å². The number of benzene rings is 1. The van der Waals surface area contributed by atoms with Crippen LogP contribution in [0.15, 0.2) is 59.3 Å². The average Bonchev–Trinajstić information content (AvgIpc) is 2.92. The summed E-state index contributed by atoms with van der Waals surface area (Å²) < 4.78 is 10.5. The second kappa shape index (κ2) is 6.88. The number of aromatic hydroxyl groups is 1. The van der Waals surface area contributed by atoms with E-state index in [0.29, 0.717) is 11.1 Å². The summed E-state index contributed by atoms with van der Waals surface area (Å²) in [5, 5.41) is 12.9. The van der Waals surface area contributed by atoms with Crippen molar-refractivity contribution in [2.24, 2.45) is 0 Å². The van der Waals surface area contributed by atoms with Gasteiger partial charge in [-0.2, -0.15) is 0 Å². The van der Waals surface area contributed by atoms with Crippen molar-refractivity contribution in [2.75, 3.05) is 5.32 Å². The zero-order valence-electron chi connectivity index (χ0n) is 13.2. The van der Waals surface area contributed by atoms with E-state index in [2.05, 4.69) is 10.3 Å². The van der Waals surface area contributed by atoms with E-state index in [0.717, 1.165) is 0 Å². The number of carbonyl (C=O) groups is 2. The van der Waals surface area contributed by atoms with Crippen molar-refractivity contribution in [3.05, 3.63) is 60.4 Å². The zero-order chi connectivity index (χ0) is 17.8. The van der Waals surface area contributed by atoms with Crippen LogP contribution in [-0.4, -0.2) is 22.0 Å². The Kier molecular flexibility index (Phi) is 4.47. The van der Waals surface area contributed by atoms with Crippen LogP contribution in [0.4, 0.5) is 5.88 Å². The fourth-order valence-corrected chi connectivity index (χ4v) is 2.19. The van der Waals surface area contributed by atoms with Gasteiger partial charge in [-0.1, -0.05) is 18.2 Å². The molecule has 25 heavy (non-hydrogen) atoms. The van der Waals surface area contributed by atoms with Crippen molar-refractivity contribution < 1.29 is 23.8 Å². The van der Waals surface area contributed by atoms with Gasteiger partial charge in [-0.25, -0.2) is 0 Å². The minimum atomic E-state index is -0.660. The highest BCUT2D eigenvalue weighted by Crippen LogP contribution is 2.46. The standard InChI is InChI=1S/C18H14N2O5/c1-11(21)24-16-14(22)15(12-7-9-19-10-8-12)25-18(16)20-17(23)13-5-3-2-4-6-13/h2-10,22H,1H3,(H,20,23). The number of hydrogen-bond acceptors (Lipinski definition) is 6.